The number of nitrogens with one attached hydrogen (secondary N) is 1. The number of carbonyl (C=O) groups excluding carboxylic acids is 1. The number of rotatable bonds is 5. The summed E-state index contributed by atoms with van der Waals surface area (Å²) in [6, 6.07) is 8.55. The van der Waals surface area contributed by atoms with Gasteiger partial charge >= 0.3 is 0 Å². The number of carbonyl (C=O) groups is 1. The molecule has 34 heavy (non-hydrogen) atoms. The molecule has 5 rings (SSSR count). The molecule has 0 atom stereocenters. The van der Waals surface area contributed by atoms with E-state index in [4.69, 9.17) is 0 Å². The van der Waals surface area contributed by atoms with Gasteiger partial charge in [-0.05, 0) is 71.7 Å². The zero-order valence-corrected chi connectivity index (χ0v) is 18.9. The summed E-state index contributed by atoms with van der Waals surface area (Å²) in [7, 11) is 0. The van der Waals surface area contributed by atoms with Crippen molar-refractivity contribution in [3.05, 3.63) is 58.4 Å². The van der Waals surface area contributed by atoms with Gasteiger partial charge in [0, 0.05) is 56.6 Å². The number of fused-ring (bicyclic) bond motifs is 1. The largest absolute Gasteiger partial charge is 0.367 e. The number of amides is 1. The normalized spacial score (nSPS) is 21.4. The topological polar surface area (TPSA) is 32.3 Å². The van der Waals surface area contributed by atoms with Gasteiger partial charge in [0.1, 0.15) is 5.82 Å². The molecule has 0 saturated heterocycles. The average molecular weight is 479 g/mol. The second-order valence-corrected chi connectivity index (χ2v) is 10.2. The van der Waals surface area contributed by atoms with E-state index in [1.807, 2.05) is 19.1 Å². The van der Waals surface area contributed by atoms with Crippen molar-refractivity contribution < 1.29 is 26.7 Å². The van der Waals surface area contributed by atoms with Gasteiger partial charge in [0.15, 0.2) is 0 Å². The third-order valence-electron chi connectivity index (χ3n) is 7.34. The number of benzene rings is 2. The molecule has 2 aromatic carbocycles. The first kappa shape index (κ1) is 23.1. The molecule has 3 nitrogen and oxygen atoms in total. The van der Waals surface area contributed by atoms with Crippen LogP contribution in [0.25, 0.3) is 0 Å². The van der Waals surface area contributed by atoms with Gasteiger partial charge < -0.3 is 10.2 Å². The predicted molar refractivity (Wildman–Crippen MR) is 120 cm³/mol. The number of aryl methyl sites for hydroxylation is 1. The SMILES string of the molecule is Cc1cc(N2CCc3cc(F)ccc3C2)cc(C2CC(F)(F)C2)c1NC(=O)CC1CC(F)(F)C1. The van der Waals surface area contributed by atoms with Crippen molar-refractivity contribution in [1.82, 2.24) is 0 Å². The summed E-state index contributed by atoms with van der Waals surface area (Å²) in [6.07, 6.45) is -0.476. The van der Waals surface area contributed by atoms with Crippen molar-refractivity contribution in [3.63, 3.8) is 0 Å². The Morgan fingerprint density at radius 2 is 1.74 bits per heavy atom. The predicted octanol–water partition coefficient (Wildman–Crippen LogP) is 6.58. The summed E-state index contributed by atoms with van der Waals surface area (Å²) in [5.41, 5.74) is 4.79. The van der Waals surface area contributed by atoms with Crippen molar-refractivity contribution >= 4 is 17.3 Å². The zero-order valence-electron chi connectivity index (χ0n) is 18.9. The second kappa shape index (κ2) is 8.24. The third kappa shape index (κ3) is 4.64. The van der Waals surface area contributed by atoms with Crippen LogP contribution >= 0.6 is 0 Å². The summed E-state index contributed by atoms with van der Waals surface area (Å²) in [5.74, 6) is -6.78. The standard InChI is InChI=1S/C26H27F5N2O/c1-15-6-21(33-5-4-17-8-20(27)3-2-18(17)14-33)9-22(19-12-26(30,31)13-19)24(15)32-23(34)7-16-10-25(28,29)11-16/h2-3,6,8-9,16,19H,4-5,7,10-14H2,1H3,(H,32,34). The van der Waals surface area contributed by atoms with E-state index in [1.54, 1.807) is 12.1 Å². The Hall–Kier alpha value is -2.64. The molecule has 8 heteroatoms. The molecule has 2 aromatic rings. The minimum Gasteiger partial charge on any atom is -0.367 e. The van der Waals surface area contributed by atoms with Crippen LogP contribution in [-0.2, 0) is 17.8 Å². The Morgan fingerprint density at radius 1 is 1.03 bits per heavy atom. The third-order valence-corrected chi connectivity index (χ3v) is 7.34. The van der Waals surface area contributed by atoms with Crippen LogP contribution in [-0.4, -0.2) is 24.3 Å². The number of halogens is 5. The molecule has 1 amide bonds. The van der Waals surface area contributed by atoms with Crippen LogP contribution in [0.5, 0.6) is 0 Å². The summed E-state index contributed by atoms with van der Waals surface area (Å²) in [5, 5.41) is 2.84. The van der Waals surface area contributed by atoms with E-state index in [0.29, 0.717) is 30.8 Å². The molecule has 2 saturated carbocycles. The van der Waals surface area contributed by atoms with Crippen LogP contribution in [0, 0.1) is 18.7 Å². The maximum atomic E-state index is 13.7. The van der Waals surface area contributed by atoms with Crippen molar-refractivity contribution in [3.8, 4) is 0 Å². The minimum absolute atomic E-state index is 0.00346. The van der Waals surface area contributed by atoms with Crippen LogP contribution < -0.4 is 10.2 Å². The van der Waals surface area contributed by atoms with Gasteiger partial charge in [-0.2, -0.15) is 0 Å². The first-order valence-electron chi connectivity index (χ1n) is 11.7. The first-order valence-corrected chi connectivity index (χ1v) is 11.7. The lowest BCUT2D eigenvalue weighted by Gasteiger charge is -2.38. The van der Waals surface area contributed by atoms with Crippen molar-refractivity contribution in [1.29, 1.82) is 0 Å². The Morgan fingerprint density at radius 3 is 2.41 bits per heavy atom. The molecule has 0 spiro atoms. The van der Waals surface area contributed by atoms with Crippen LogP contribution in [0.3, 0.4) is 0 Å². The fourth-order valence-corrected chi connectivity index (χ4v) is 5.48. The van der Waals surface area contributed by atoms with Crippen molar-refractivity contribution in [2.45, 2.75) is 69.8 Å². The van der Waals surface area contributed by atoms with E-state index in [1.165, 1.54) is 6.07 Å². The molecule has 2 fully saturated rings. The second-order valence-electron chi connectivity index (χ2n) is 10.2. The fourth-order valence-electron chi connectivity index (χ4n) is 5.48. The van der Waals surface area contributed by atoms with E-state index in [9.17, 15) is 26.7 Å². The summed E-state index contributed by atoms with van der Waals surface area (Å²) in [4.78, 5) is 14.7. The van der Waals surface area contributed by atoms with Gasteiger partial charge in [-0.25, -0.2) is 22.0 Å². The molecule has 3 aliphatic rings. The molecule has 1 aliphatic heterocycles. The molecule has 0 unspecified atom stereocenters. The minimum atomic E-state index is -2.72. The summed E-state index contributed by atoms with van der Waals surface area (Å²) in [6.45, 7) is 3.07. The fraction of sp³-hybridized carbons (Fsp3) is 0.500. The number of hydrogen-bond donors (Lipinski definition) is 1. The molecular weight excluding hydrogens is 451 g/mol. The molecule has 2 aliphatic carbocycles. The van der Waals surface area contributed by atoms with Gasteiger partial charge in [0.05, 0.1) is 0 Å². The number of hydrogen-bond acceptors (Lipinski definition) is 2. The van der Waals surface area contributed by atoms with Gasteiger partial charge in [0.25, 0.3) is 0 Å². The van der Waals surface area contributed by atoms with E-state index >= 15 is 0 Å². The smallest absolute Gasteiger partial charge is 0.249 e. The van der Waals surface area contributed by atoms with E-state index in [0.717, 1.165) is 22.4 Å². The highest BCUT2D eigenvalue weighted by Gasteiger charge is 2.48. The van der Waals surface area contributed by atoms with Gasteiger partial charge in [0.2, 0.25) is 17.8 Å². The van der Waals surface area contributed by atoms with Gasteiger partial charge in [-0.15, -0.1) is 0 Å². The molecule has 0 aromatic heterocycles. The summed E-state index contributed by atoms with van der Waals surface area (Å²) < 4.78 is 67.3. The lowest BCUT2D eigenvalue weighted by Crippen LogP contribution is -2.38. The molecular formula is C26H27F5N2O. The molecule has 1 heterocycles. The highest BCUT2D eigenvalue weighted by molar-refractivity contribution is 5.93. The molecule has 1 N–H and O–H groups in total. The maximum Gasteiger partial charge on any atom is 0.249 e. The van der Waals surface area contributed by atoms with E-state index in [2.05, 4.69) is 10.2 Å². The quantitative estimate of drug-likeness (QED) is 0.492. The molecule has 0 bridgehead atoms. The Labute approximate surface area is 195 Å². The van der Waals surface area contributed by atoms with Gasteiger partial charge in [-0.1, -0.05) is 6.07 Å². The molecule has 182 valence electrons. The highest BCUT2D eigenvalue weighted by Crippen LogP contribution is 2.51. The monoisotopic (exact) mass is 478 g/mol. The van der Waals surface area contributed by atoms with E-state index in [-0.39, 0.29) is 55.7 Å². The Kier molecular flexibility index (Phi) is 5.60. The molecule has 0 radical (unpaired) electrons. The summed E-state index contributed by atoms with van der Waals surface area (Å²) >= 11 is 0. The Bertz CT molecular complexity index is 1120. The lowest BCUT2D eigenvalue weighted by molar-refractivity contribution is -0.129. The highest BCUT2D eigenvalue weighted by atomic mass is 19.3. The first-order chi connectivity index (χ1) is 16.0. The number of anilines is 2. The Balaban J connectivity index is 1.38. The number of alkyl halides is 4. The zero-order chi connectivity index (χ0) is 24.3. The lowest BCUT2D eigenvalue weighted by atomic mass is 9.75. The maximum absolute atomic E-state index is 13.7. The van der Waals surface area contributed by atoms with Crippen molar-refractivity contribution in [2.24, 2.45) is 5.92 Å². The average Bonchev–Trinajstić information content (AvgIpc) is 2.71. The van der Waals surface area contributed by atoms with Crippen LogP contribution in [0.2, 0.25) is 0 Å². The van der Waals surface area contributed by atoms with Crippen LogP contribution in [0.15, 0.2) is 30.3 Å². The van der Waals surface area contributed by atoms with Crippen LogP contribution in [0.1, 0.15) is 60.3 Å². The van der Waals surface area contributed by atoms with E-state index < -0.39 is 11.8 Å². The number of nitrogens with zero attached hydrogens (tertiary/aromatic N) is 1. The van der Waals surface area contributed by atoms with Crippen molar-refractivity contribution in [2.75, 3.05) is 16.8 Å². The van der Waals surface area contributed by atoms with Crippen LogP contribution in [0.4, 0.5) is 33.3 Å². The van der Waals surface area contributed by atoms with Gasteiger partial charge in [-0.3, -0.25) is 4.79 Å².